The molecule has 19 heavy (non-hydrogen) atoms. The summed E-state index contributed by atoms with van der Waals surface area (Å²) in [7, 11) is 0. The molecular formula is C13H16N4O2. The monoisotopic (exact) mass is 260 g/mol. The number of hydrogen-bond donors (Lipinski definition) is 1. The number of aliphatic carboxylic acids is 1. The van der Waals surface area contributed by atoms with Crippen LogP contribution in [0.1, 0.15) is 25.0 Å². The highest BCUT2D eigenvalue weighted by Crippen LogP contribution is 2.27. The molecule has 0 radical (unpaired) electrons. The molecule has 0 spiro atoms. The van der Waals surface area contributed by atoms with E-state index in [1.165, 1.54) is 4.68 Å². The van der Waals surface area contributed by atoms with Crippen LogP contribution in [0, 0.1) is 13.8 Å². The minimum Gasteiger partial charge on any atom is -0.479 e. The minimum atomic E-state index is -1.20. The van der Waals surface area contributed by atoms with E-state index < -0.39 is 11.5 Å². The van der Waals surface area contributed by atoms with E-state index in [0.29, 0.717) is 5.82 Å². The van der Waals surface area contributed by atoms with Crippen LogP contribution < -0.4 is 0 Å². The summed E-state index contributed by atoms with van der Waals surface area (Å²) < 4.78 is 1.34. The molecule has 1 N–H and O–H groups in total. The average molecular weight is 260 g/mol. The number of carbonyl (C=O) groups is 1. The Morgan fingerprint density at radius 3 is 2.63 bits per heavy atom. The highest BCUT2D eigenvalue weighted by atomic mass is 16.4. The number of nitrogens with zero attached hydrogens (tertiary/aromatic N) is 4. The molecule has 6 nitrogen and oxygen atoms in total. The number of carboxylic acid groups (broad SMARTS) is 1. The van der Waals surface area contributed by atoms with Crippen LogP contribution in [-0.4, -0.2) is 31.3 Å². The Balaban J connectivity index is 2.63. The van der Waals surface area contributed by atoms with Gasteiger partial charge < -0.3 is 5.11 Å². The summed E-state index contributed by atoms with van der Waals surface area (Å²) in [5.41, 5.74) is 1.80. The molecule has 1 aromatic carbocycles. The van der Waals surface area contributed by atoms with Crippen molar-refractivity contribution in [3.63, 3.8) is 0 Å². The number of tetrazole rings is 1. The summed E-state index contributed by atoms with van der Waals surface area (Å²) in [5, 5.41) is 20.7. The van der Waals surface area contributed by atoms with Gasteiger partial charge in [0.25, 0.3) is 0 Å². The predicted molar refractivity (Wildman–Crippen MR) is 69.7 cm³/mol. The molecule has 0 saturated carbocycles. The van der Waals surface area contributed by atoms with Crippen LogP contribution >= 0.6 is 0 Å². The number of aromatic nitrogens is 4. The molecule has 6 heteroatoms. The van der Waals surface area contributed by atoms with Crippen LogP contribution in [0.15, 0.2) is 18.2 Å². The van der Waals surface area contributed by atoms with Crippen LogP contribution in [0.3, 0.4) is 0 Å². The molecule has 0 fully saturated rings. The third-order valence-electron chi connectivity index (χ3n) is 3.37. The number of carboxylic acids is 1. The summed E-state index contributed by atoms with van der Waals surface area (Å²) in [6.45, 7) is 7.10. The molecule has 100 valence electrons. The molecule has 0 saturated heterocycles. The lowest BCUT2D eigenvalue weighted by Crippen LogP contribution is -2.37. The van der Waals surface area contributed by atoms with Gasteiger partial charge in [-0.1, -0.05) is 18.2 Å². The van der Waals surface area contributed by atoms with Gasteiger partial charge in [0, 0.05) is 5.56 Å². The van der Waals surface area contributed by atoms with Crippen LogP contribution in [0.4, 0.5) is 0 Å². The van der Waals surface area contributed by atoms with Crippen molar-refractivity contribution in [1.82, 2.24) is 20.2 Å². The van der Waals surface area contributed by atoms with Gasteiger partial charge in [-0.25, -0.2) is 9.48 Å². The predicted octanol–water partition coefficient (Wildman–Crippen LogP) is 1.78. The SMILES string of the molecule is Cc1cccc(-c2nnnn2C(C)(C)C(=O)O)c1C. The highest BCUT2D eigenvalue weighted by Gasteiger charge is 2.34. The second-order valence-electron chi connectivity index (χ2n) is 5.03. The lowest BCUT2D eigenvalue weighted by molar-refractivity contribution is -0.146. The van der Waals surface area contributed by atoms with E-state index in [1.807, 2.05) is 32.0 Å². The Bertz CT molecular complexity index is 631. The van der Waals surface area contributed by atoms with E-state index in [-0.39, 0.29) is 0 Å². The first-order chi connectivity index (χ1) is 8.85. The maximum atomic E-state index is 11.3. The normalized spacial score (nSPS) is 11.6. The Hall–Kier alpha value is -2.24. The molecule has 0 atom stereocenters. The van der Waals surface area contributed by atoms with E-state index in [2.05, 4.69) is 15.5 Å². The Labute approximate surface area is 111 Å². The zero-order valence-electron chi connectivity index (χ0n) is 11.4. The van der Waals surface area contributed by atoms with Gasteiger partial charge in [0.15, 0.2) is 11.4 Å². The fourth-order valence-electron chi connectivity index (χ4n) is 1.82. The summed E-state index contributed by atoms with van der Waals surface area (Å²) in [6.07, 6.45) is 0. The lowest BCUT2D eigenvalue weighted by atomic mass is 10.0. The summed E-state index contributed by atoms with van der Waals surface area (Å²) in [5.74, 6) is -0.514. The zero-order valence-corrected chi connectivity index (χ0v) is 11.4. The van der Waals surface area contributed by atoms with Gasteiger partial charge in [0.2, 0.25) is 0 Å². The number of benzene rings is 1. The molecule has 2 aromatic rings. The second kappa shape index (κ2) is 4.46. The summed E-state index contributed by atoms with van der Waals surface area (Å²) >= 11 is 0. The van der Waals surface area contributed by atoms with Crippen molar-refractivity contribution in [1.29, 1.82) is 0 Å². The Kier molecular flexibility index (Phi) is 3.09. The minimum absolute atomic E-state index is 0.466. The van der Waals surface area contributed by atoms with E-state index >= 15 is 0 Å². The number of aryl methyl sites for hydroxylation is 1. The average Bonchev–Trinajstić information content (AvgIpc) is 2.82. The highest BCUT2D eigenvalue weighted by molar-refractivity contribution is 5.76. The Morgan fingerprint density at radius 2 is 2.00 bits per heavy atom. The van der Waals surface area contributed by atoms with E-state index in [4.69, 9.17) is 0 Å². The number of hydrogen-bond acceptors (Lipinski definition) is 4. The maximum absolute atomic E-state index is 11.3. The van der Waals surface area contributed by atoms with Crippen molar-refractivity contribution < 1.29 is 9.90 Å². The van der Waals surface area contributed by atoms with Crippen molar-refractivity contribution in [2.45, 2.75) is 33.2 Å². The van der Waals surface area contributed by atoms with Crippen molar-refractivity contribution in [2.75, 3.05) is 0 Å². The van der Waals surface area contributed by atoms with E-state index in [1.54, 1.807) is 13.8 Å². The standard InChI is InChI=1S/C13H16N4O2/c1-8-6-5-7-10(9(8)2)11-14-15-16-17(11)13(3,4)12(18)19/h5-7H,1-4H3,(H,18,19). The van der Waals surface area contributed by atoms with Gasteiger partial charge >= 0.3 is 5.97 Å². The molecule has 0 bridgehead atoms. The third kappa shape index (κ3) is 2.09. The molecule has 0 amide bonds. The molecular weight excluding hydrogens is 244 g/mol. The molecule has 1 aromatic heterocycles. The van der Waals surface area contributed by atoms with Gasteiger partial charge in [0.05, 0.1) is 0 Å². The second-order valence-corrected chi connectivity index (χ2v) is 5.03. The third-order valence-corrected chi connectivity index (χ3v) is 3.37. The fraction of sp³-hybridized carbons (Fsp3) is 0.385. The molecule has 0 aliphatic heterocycles. The van der Waals surface area contributed by atoms with Gasteiger partial charge in [0.1, 0.15) is 0 Å². The van der Waals surface area contributed by atoms with Crippen LogP contribution in [-0.2, 0) is 10.3 Å². The Morgan fingerprint density at radius 1 is 1.32 bits per heavy atom. The van der Waals surface area contributed by atoms with Crippen molar-refractivity contribution in [3.8, 4) is 11.4 Å². The summed E-state index contributed by atoms with van der Waals surface area (Å²) in [6, 6.07) is 5.79. The summed E-state index contributed by atoms with van der Waals surface area (Å²) in [4.78, 5) is 11.3. The fourth-order valence-corrected chi connectivity index (χ4v) is 1.82. The van der Waals surface area contributed by atoms with Crippen molar-refractivity contribution in [3.05, 3.63) is 29.3 Å². The van der Waals surface area contributed by atoms with Crippen LogP contribution in [0.2, 0.25) is 0 Å². The van der Waals surface area contributed by atoms with Gasteiger partial charge in [-0.05, 0) is 49.2 Å². The first kappa shape index (κ1) is 13.2. The molecule has 0 aliphatic rings. The van der Waals surface area contributed by atoms with Gasteiger partial charge in [-0.3, -0.25) is 0 Å². The van der Waals surface area contributed by atoms with Crippen LogP contribution in [0.5, 0.6) is 0 Å². The quantitative estimate of drug-likeness (QED) is 0.909. The van der Waals surface area contributed by atoms with Crippen LogP contribution in [0.25, 0.3) is 11.4 Å². The van der Waals surface area contributed by atoms with Crippen molar-refractivity contribution in [2.24, 2.45) is 0 Å². The maximum Gasteiger partial charge on any atom is 0.331 e. The van der Waals surface area contributed by atoms with E-state index in [0.717, 1.165) is 16.7 Å². The lowest BCUT2D eigenvalue weighted by Gasteiger charge is -2.21. The van der Waals surface area contributed by atoms with Gasteiger partial charge in [-0.2, -0.15) is 0 Å². The first-order valence-electron chi connectivity index (χ1n) is 5.94. The van der Waals surface area contributed by atoms with Crippen molar-refractivity contribution >= 4 is 5.97 Å². The smallest absolute Gasteiger partial charge is 0.331 e. The van der Waals surface area contributed by atoms with E-state index in [9.17, 15) is 9.90 Å². The first-order valence-corrected chi connectivity index (χ1v) is 5.94. The molecule has 2 rings (SSSR count). The number of rotatable bonds is 3. The molecule has 1 heterocycles. The largest absolute Gasteiger partial charge is 0.479 e. The topological polar surface area (TPSA) is 80.9 Å². The zero-order chi connectivity index (χ0) is 14.2. The molecule has 0 unspecified atom stereocenters. The molecule has 0 aliphatic carbocycles. The van der Waals surface area contributed by atoms with Gasteiger partial charge in [-0.15, -0.1) is 5.10 Å².